The second kappa shape index (κ2) is 2.87. The maximum Gasteiger partial charge on any atom is 0.272 e. The molecule has 0 radical (unpaired) electrons. The molecule has 0 atom stereocenters. The Morgan fingerprint density at radius 1 is 1.46 bits per heavy atom. The summed E-state index contributed by atoms with van der Waals surface area (Å²) in [7, 11) is 0. The summed E-state index contributed by atoms with van der Waals surface area (Å²) in [6, 6.07) is 0. The molecule has 4 heteroatoms. The standard InChI is InChI=1S/C9H15N3O/c1-6-8(13)10-7(2)12(11-6)9(3,4)5/h2H2,1,3-5H3,(H,10,13). The molecule has 1 aliphatic heterocycles. The summed E-state index contributed by atoms with van der Waals surface area (Å²) in [5.74, 6) is 0.355. The molecule has 1 amide bonds. The molecular formula is C9H15N3O. The van der Waals surface area contributed by atoms with Gasteiger partial charge >= 0.3 is 0 Å². The fourth-order valence-corrected chi connectivity index (χ4v) is 1.09. The summed E-state index contributed by atoms with van der Waals surface area (Å²) in [4.78, 5) is 11.1. The number of hydrogen-bond donors (Lipinski definition) is 1. The van der Waals surface area contributed by atoms with E-state index in [9.17, 15) is 4.79 Å². The van der Waals surface area contributed by atoms with Gasteiger partial charge in [-0.3, -0.25) is 4.79 Å². The summed E-state index contributed by atoms with van der Waals surface area (Å²) in [5.41, 5.74) is 0.300. The quantitative estimate of drug-likeness (QED) is 0.607. The molecule has 0 fully saturated rings. The zero-order valence-corrected chi connectivity index (χ0v) is 8.51. The van der Waals surface area contributed by atoms with Gasteiger partial charge in [-0.1, -0.05) is 6.58 Å². The number of hydrogen-bond acceptors (Lipinski definition) is 3. The third-order valence-electron chi connectivity index (χ3n) is 1.73. The van der Waals surface area contributed by atoms with Crippen LogP contribution in [0.1, 0.15) is 27.7 Å². The molecule has 0 saturated carbocycles. The van der Waals surface area contributed by atoms with Gasteiger partial charge in [0.25, 0.3) is 5.91 Å². The second-order valence-electron chi connectivity index (χ2n) is 4.07. The Kier molecular flexibility index (Phi) is 2.15. The second-order valence-corrected chi connectivity index (χ2v) is 4.07. The van der Waals surface area contributed by atoms with Crippen LogP contribution in [0.15, 0.2) is 17.5 Å². The van der Waals surface area contributed by atoms with Crippen LogP contribution in [0.5, 0.6) is 0 Å². The first-order valence-electron chi connectivity index (χ1n) is 4.18. The minimum absolute atomic E-state index is 0.161. The van der Waals surface area contributed by atoms with Gasteiger partial charge in [0.05, 0.1) is 5.54 Å². The number of carbonyl (C=O) groups is 1. The van der Waals surface area contributed by atoms with Crippen LogP contribution in [0.25, 0.3) is 0 Å². The summed E-state index contributed by atoms with van der Waals surface area (Å²) in [6.45, 7) is 11.4. The van der Waals surface area contributed by atoms with Crippen molar-refractivity contribution in [2.45, 2.75) is 33.2 Å². The molecule has 0 aromatic carbocycles. The van der Waals surface area contributed by atoms with Crippen molar-refractivity contribution < 1.29 is 4.79 Å². The van der Waals surface area contributed by atoms with E-state index < -0.39 is 0 Å². The number of hydrazone groups is 1. The normalized spacial score (nSPS) is 18.5. The molecule has 1 heterocycles. The van der Waals surface area contributed by atoms with Crippen molar-refractivity contribution in [3.05, 3.63) is 12.4 Å². The van der Waals surface area contributed by atoms with Crippen LogP contribution in [0.3, 0.4) is 0 Å². The van der Waals surface area contributed by atoms with Gasteiger partial charge in [0.15, 0.2) is 0 Å². The molecule has 0 aromatic rings. The number of amides is 1. The SMILES string of the molecule is C=C1NC(=O)C(C)=NN1C(C)(C)C. The first kappa shape index (κ1) is 9.77. The monoisotopic (exact) mass is 181 g/mol. The Morgan fingerprint density at radius 2 is 2.00 bits per heavy atom. The van der Waals surface area contributed by atoms with Crippen LogP contribution < -0.4 is 5.32 Å². The van der Waals surface area contributed by atoms with Crippen molar-refractivity contribution in [3.63, 3.8) is 0 Å². The van der Waals surface area contributed by atoms with Crippen LogP contribution in [0, 0.1) is 0 Å². The average molecular weight is 181 g/mol. The highest BCUT2D eigenvalue weighted by Gasteiger charge is 2.28. The first-order valence-corrected chi connectivity index (χ1v) is 4.18. The van der Waals surface area contributed by atoms with E-state index >= 15 is 0 Å². The van der Waals surface area contributed by atoms with Crippen molar-refractivity contribution in [1.82, 2.24) is 10.3 Å². The molecule has 0 aliphatic carbocycles. The van der Waals surface area contributed by atoms with Gasteiger partial charge in [0, 0.05) is 0 Å². The lowest BCUT2D eigenvalue weighted by atomic mass is 10.1. The summed E-state index contributed by atoms with van der Waals surface area (Å²) in [5, 5.41) is 8.51. The molecule has 13 heavy (non-hydrogen) atoms. The minimum Gasteiger partial charge on any atom is -0.306 e. The van der Waals surface area contributed by atoms with E-state index in [1.807, 2.05) is 20.8 Å². The molecule has 1 N–H and O–H groups in total. The minimum atomic E-state index is -0.175. The van der Waals surface area contributed by atoms with Gasteiger partial charge in [-0.15, -0.1) is 0 Å². The van der Waals surface area contributed by atoms with E-state index in [1.54, 1.807) is 11.9 Å². The van der Waals surface area contributed by atoms with Crippen molar-refractivity contribution in [2.24, 2.45) is 5.10 Å². The molecule has 1 aliphatic rings. The van der Waals surface area contributed by atoms with E-state index in [-0.39, 0.29) is 11.4 Å². The van der Waals surface area contributed by atoms with Crippen molar-refractivity contribution in [1.29, 1.82) is 0 Å². The largest absolute Gasteiger partial charge is 0.306 e. The van der Waals surface area contributed by atoms with Crippen LogP contribution >= 0.6 is 0 Å². The topological polar surface area (TPSA) is 44.7 Å². The van der Waals surface area contributed by atoms with Crippen LogP contribution in [0.4, 0.5) is 0 Å². The summed E-state index contributed by atoms with van der Waals surface area (Å²) in [6.07, 6.45) is 0. The molecule has 1 rings (SSSR count). The van der Waals surface area contributed by atoms with Gasteiger partial charge in [-0.25, -0.2) is 5.01 Å². The molecule has 0 unspecified atom stereocenters. The highest BCUT2D eigenvalue weighted by molar-refractivity contribution is 6.38. The van der Waals surface area contributed by atoms with Gasteiger partial charge in [0.1, 0.15) is 11.5 Å². The number of nitrogens with zero attached hydrogens (tertiary/aromatic N) is 2. The van der Waals surface area contributed by atoms with E-state index in [0.717, 1.165) is 0 Å². The Labute approximate surface area is 78.3 Å². The van der Waals surface area contributed by atoms with Crippen LogP contribution in [-0.2, 0) is 4.79 Å². The van der Waals surface area contributed by atoms with E-state index in [2.05, 4.69) is 17.0 Å². The Hall–Kier alpha value is -1.32. The van der Waals surface area contributed by atoms with Gasteiger partial charge < -0.3 is 5.32 Å². The van der Waals surface area contributed by atoms with E-state index in [1.165, 1.54) is 0 Å². The lowest BCUT2D eigenvalue weighted by Gasteiger charge is -2.36. The van der Waals surface area contributed by atoms with Crippen LogP contribution in [-0.4, -0.2) is 22.2 Å². The number of carbonyl (C=O) groups excluding carboxylic acids is 1. The van der Waals surface area contributed by atoms with Crippen LogP contribution in [0.2, 0.25) is 0 Å². The summed E-state index contributed by atoms with van der Waals surface area (Å²) < 4.78 is 0. The lowest BCUT2D eigenvalue weighted by molar-refractivity contribution is -0.115. The van der Waals surface area contributed by atoms with E-state index in [4.69, 9.17) is 0 Å². The number of nitrogens with one attached hydrogen (secondary N) is 1. The van der Waals surface area contributed by atoms with Gasteiger partial charge in [-0.2, -0.15) is 5.10 Å². The van der Waals surface area contributed by atoms with Gasteiger partial charge in [0.2, 0.25) is 0 Å². The molecule has 0 bridgehead atoms. The molecular weight excluding hydrogens is 166 g/mol. The van der Waals surface area contributed by atoms with Gasteiger partial charge in [-0.05, 0) is 27.7 Å². The smallest absolute Gasteiger partial charge is 0.272 e. The highest BCUT2D eigenvalue weighted by Crippen LogP contribution is 2.19. The summed E-state index contributed by atoms with van der Waals surface area (Å²) >= 11 is 0. The molecule has 4 nitrogen and oxygen atoms in total. The molecule has 0 spiro atoms. The Morgan fingerprint density at radius 3 is 2.46 bits per heavy atom. The maximum atomic E-state index is 11.1. The van der Waals surface area contributed by atoms with E-state index in [0.29, 0.717) is 11.5 Å². The fourth-order valence-electron chi connectivity index (χ4n) is 1.09. The van der Waals surface area contributed by atoms with Crippen molar-refractivity contribution in [2.75, 3.05) is 0 Å². The third-order valence-corrected chi connectivity index (χ3v) is 1.73. The zero-order valence-electron chi connectivity index (χ0n) is 8.51. The highest BCUT2D eigenvalue weighted by atomic mass is 16.2. The predicted octanol–water partition coefficient (Wildman–Crippen LogP) is 1.06. The first-order chi connectivity index (χ1) is 5.82. The number of rotatable bonds is 0. The zero-order chi connectivity index (χ0) is 10.2. The van der Waals surface area contributed by atoms with Crippen molar-refractivity contribution >= 4 is 11.6 Å². The third kappa shape index (κ3) is 1.88. The lowest BCUT2D eigenvalue weighted by Crippen LogP contribution is -2.48. The average Bonchev–Trinajstić information content (AvgIpc) is 1.94. The molecule has 0 aromatic heterocycles. The Balaban J connectivity index is 3.01. The maximum absolute atomic E-state index is 11.1. The Bertz CT molecular complexity index is 286. The fraction of sp³-hybridized carbons (Fsp3) is 0.556. The predicted molar refractivity (Wildman–Crippen MR) is 52.0 cm³/mol. The molecule has 0 saturated heterocycles. The van der Waals surface area contributed by atoms with Crippen molar-refractivity contribution in [3.8, 4) is 0 Å². The molecule has 72 valence electrons.